The fourth-order valence-electron chi connectivity index (χ4n) is 3.83. The zero-order valence-corrected chi connectivity index (χ0v) is 22.9. The van der Waals surface area contributed by atoms with E-state index in [1.54, 1.807) is 51.1 Å². The molecule has 216 valence electrons. The average Bonchev–Trinajstić information content (AvgIpc) is 2.89. The van der Waals surface area contributed by atoms with Crippen LogP contribution in [-0.4, -0.2) is 57.8 Å². The zero-order valence-electron chi connectivity index (χ0n) is 22.9. The Morgan fingerprint density at radius 2 is 1.73 bits per heavy atom. The van der Waals surface area contributed by atoms with E-state index in [1.807, 2.05) is 0 Å². The summed E-state index contributed by atoms with van der Waals surface area (Å²) in [6.45, 7) is 6.22. The first-order valence-electron chi connectivity index (χ1n) is 12.3. The smallest absolute Gasteiger partial charge is 0.407 e. The Balaban J connectivity index is 2.43. The molecule has 0 saturated carbocycles. The Hall–Kier alpha value is -4.55. The summed E-state index contributed by atoms with van der Waals surface area (Å²) in [5.74, 6) is -5.25. The van der Waals surface area contributed by atoms with Gasteiger partial charge < -0.3 is 24.6 Å². The number of alkyl carbamates (subject to hydrolysis) is 1. The van der Waals surface area contributed by atoms with Crippen LogP contribution in [0.4, 0.5) is 10.5 Å². The molecule has 1 aromatic heterocycles. The van der Waals surface area contributed by atoms with Crippen LogP contribution in [0.15, 0.2) is 48.7 Å². The molecule has 40 heavy (non-hydrogen) atoms. The highest BCUT2D eigenvalue weighted by molar-refractivity contribution is 5.95. The van der Waals surface area contributed by atoms with Crippen molar-refractivity contribution in [3.63, 3.8) is 0 Å². The topological polar surface area (TPSA) is 184 Å². The second kappa shape index (κ2) is 13.5. The molecule has 0 fully saturated rings. The van der Waals surface area contributed by atoms with Gasteiger partial charge in [-0.05, 0) is 52.2 Å². The van der Waals surface area contributed by atoms with E-state index in [0.29, 0.717) is 5.56 Å². The minimum absolute atomic E-state index is 0.0816. The molecule has 2 unspecified atom stereocenters. The molecule has 2 rings (SSSR count). The number of aromatic nitrogens is 1. The first-order chi connectivity index (χ1) is 18.7. The van der Waals surface area contributed by atoms with Crippen LogP contribution in [0, 0.1) is 16.0 Å². The second-order valence-electron chi connectivity index (χ2n) is 10.2. The Kier molecular flexibility index (Phi) is 10.7. The predicted octanol–water partition coefficient (Wildman–Crippen LogP) is 3.54. The van der Waals surface area contributed by atoms with Gasteiger partial charge in [0, 0.05) is 6.07 Å². The van der Waals surface area contributed by atoms with Crippen LogP contribution < -0.4 is 5.32 Å². The van der Waals surface area contributed by atoms with Gasteiger partial charge in [0.05, 0.1) is 23.8 Å². The van der Waals surface area contributed by atoms with Crippen LogP contribution >= 0.6 is 0 Å². The molecule has 2 aromatic rings. The molecule has 1 aromatic carbocycles. The number of benzene rings is 1. The van der Waals surface area contributed by atoms with Crippen molar-refractivity contribution in [1.29, 1.82) is 0 Å². The van der Waals surface area contributed by atoms with Crippen LogP contribution in [0.2, 0.25) is 0 Å². The fraction of sp³-hybridized carbons (Fsp3) is 0.444. The maximum Gasteiger partial charge on any atom is 0.407 e. The number of methoxy groups -OCH3 is 1. The van der Waals surface area contributed by atoms with Gasteiger partial charge in [-0.3, -0.25) is 29.5 Å². The largest absolute Gasteiger partial charge is 0.481 e. The molecule has 1 heterocycles. The number of nitro groups is 1. The average molecular weight is 560 g/mol. The summed E-state index contributed by atoms with van der Waals surface area (Å²) < 4.78 is 15.4. The first-order valence-corrected chi connectivity index (χ1v) is 12.3. The highest BCUT2D eigenvalue weighted by Crippen LogP contribution is 2.32. The van der Waals surface area contributed by atoms with E-state index < -0.39 is 51.9 Å². The summed E-state index contributed by atoms with van der Waals surface area (Å²) in [6.07, 6.45) is -0.397. The molecule has 13 heteroatoms. The molecular formula is C27H33N3O10. The Labute approximate surface area is 231 Å². The minimum atomic E-state index is -1.83. The lowest BCUT2D eigenvalue weighted by atomic mass is 9.79. The summed E-state index contributed by atoms with van der Waals surface area (Å²) >= 11 is 0. The number of pyridine rings is 1. The van der Waals surface area contributed by atoms with Crippen molar-refractivity contribution in [3.05, 3.63) is 70.0 Å². The normalized spacial score (nSPS) is 14.1. The third kappa shape index (κ3) is 8.75. The van der Waals surface area contributed by atoms with Crippen molar-refractivity contribution < 1.29 is 43.4 Å². The number of nitrogens with zero attached hydrogens (tertiary/aromatic N) is 2. The van der Waals surface area contributed by atoms with Gasteiger partial charge >= 0.3 is 24.0 Å². The molecule has 1 amide bonds. The highest BCUT2D eigenvalue weighted by atomic mass is 16.6. The molecule has 0 spiro atoms. The number of amides is 1. The van der Waals surface area contributed by atoms with Crippen LogP contribution in [0.25, 0.3) is 0 Å². The van der Waals surface area contributed by atoms with E-state index >= 15 is 0 Å². The second-order valence-corrected chi connectivity index (χ2v) is 10.2. The molecule has 0 radical (unpaired) electrons. The van der Waals surface area contributed by atoms with Gasteiger partial charge in [0.15, 0.2) is 5.92 Å². The number of esters is 2. The SMILES string of the molecule is COC(=O)[C@H](C(=O)O)C(CCC(C)(C(=O)OCc1ccccc1)c1ccc([N+](=O)[O-])cn1)NC(=O)OC(C)(C)C. The molecule has 0 aliphatic rings. The molecular weight excluding hydrogens is 526 g/mol. The van der Waals surface area contributed by atoms with Crippen molar-refractivity contribution >= 4 is 29.7 Å². The number of carbonyl (C=O) groups is 4. The summed E-state index contributed by atoms with van der Waals surface area (Å²) in [4.78, 5) is 65.0. The van der Waals surface area contributed by atoms with Gasteiger partial charge in [0.1, 0.15) is 23.8 Å². The monoisotopic (exact) mass is 559 g/mol. The first kappa shape index (κ1) is 31.7. The van der Waals surface area contributed by atoms with E-state index in [0.717, 1.165) is 13.3 Å². The lowest BCUT2D eigenvalue weighted by molar-refractivity contribution is -0.385. The number of carbonyl (C=O) groups excluding carboxylic acids is 3. The van der Waals surface area contributed by atoms with Crippen molar-refractivity contribution in [1.82, 2.24) is 10.3 Å². The molecule has 0 aliphatic heterocycles. The van der Waals surface area contributed by atoms with Gasteiger partial charge in [-0.15, -0.1) is 0 Å². The molecule has 2 N–H and O–H groups in total. The van der Waals surface area contributed by atoms with E-state index in [4.69, 9.17) is 9.47 Å². The molecule has 0 saturated heterocycles. The summed E-state index contributed by atoms with van der Waals surface area (Å²) in [5.41, 5.74) is -1.97. The number of hydrogen-bond acceptors (Lipinski definition) is 10. The number of aliphatic carboxylic acids is 1. The molecule has 13 nitrogen and oxygen atoms in total. The highest BCUT2D eigenvalue weighted by Gasteiger charge is 2.43. The van der Waals surface area contributed by atoms with Gasteiger partial charge in [-0.1, -0.05) is 30.3 Å². The summed E-state index contributed by atoms with van der Waals surface area (Å²) in [6, 6.07) is 9.96. The standard InChI is InChI=1S/C27H33N3O10/c1-26(2,3)40-25(35)29-19(21(22(31)32)23(33)38-5)13-14-27(4,20-12-11-18(15-28-20)30(36)37)24(34)39-16-17-9-7-6-8-10-17/h6-12,15,19,21H,13-14,16H2,1-5H3,(H,29,35)(H,31,32)/t19?,21-,27?/m0/s1. The third-order valence-corrected chi connectivity index (χ3v) is 5.97. The Morgan fingerprint density at radius 3 is 2.23 bits per heavy atom. The van der Waals surface area contributed by atoms with E-state index in [2.05, 4.69) is 15.0 Å². The van der Waals surface area contributed by atoms with E-state index in [9.17, 15) is 34.4 Å². The van der Waals surface area contributed by atoms with E-state index in [1.165, 1.54) is 19.1 Å². The summed E-state index contributed by atoms with van der Waals surface area (Å²) in [7, 11) is 1.01. The Bertz CT molecular complexity index is 1210. The molecule has 0 aliphatic carbocycles. The summed E-state index contributed by atoms with van der Waals surface area (Å²) in [5, 5.41) is 23.3. The van der Waals surface area contributed by atoms with Crippen LogP contribution in [0.5, 0.6) is 0 Å². The fourth-order valence-corrected chi connectivity index (χ4v) is 3.83. The van der Waals surface area contributed by atoms with Gasteiger partial charge in [-0.25, -0.2) is 4.79 Å². The number of hydrogen-bond donors (Lipinski definition) is 2. The molecule has 3 atom stereocenters. The number of rotatable bonds is 12. The molecule has 0 bridgehead atoms. The number of carboxylic acid groups (broad SMARTS) is 1. The van der Waals surface area contributed by atoms with Crippen LogP contribution in [-0.2, 0) is 40.6 Å². The van der Waals surface area contributed by atoms with Gasteiger partial charge in [-0.2, -0.15) is 0 Å². The maximum absolute atomic E-state index is 13.5. The number of nitrogens with one attached hydrogen (secondary N) is 1. The quantitative estimate of drug-likeness (QED) is 0.127. The van der Waals surface area contributed by atoms with Gasteiger partial charge in [0.2, 0.25) is 0 Å². The zero-order chi connectivity index (χ0) is 30.1. The van der Waals surface area contributed by atoms with Crippen LogP contribution in [0.1, 0.15) is 51.8 Å². The third-order valence-electron chi connectivity index (χ3n) is 5.97. The van der Waals surface area contributed by atoms with Gasteiger partial charge in [0.25, 0.3) is 5.69 Å². The van der Waals surface area contributed by atoms with Crippen LogP contribution in [0.3, 0.4) is 0 Å². The lowest BCUT2D eigenvalue weighted by Gasteiger charge is -2.31. The van der Waals surface area contributed by atoms with Crippen molar-refractivity contribution in [2.24, 2.45) is 5.92 Å². The predicted molar refractivity (Wildman–Crippen MR) is 140 cm³/mol. The maximum atomic E-state index is 13.5. The minimum Gasteiger partial charge on any atom is -0.481 e. The van der Waals surface area contributed by atoms with E-state index in [-0.39, 0.29) is 30.8 Å². The lowest BCUT2D eigenvalue weighted by Crippen LogP contribution is -2.49. The van der Waals surface area contributed by atoms with Crippen molar-refractivity contribution in [2.45, 2.75) is 64.2 Å². The van der Waals surface area contributed by atoms with Crippen molar-refractivity contribution in [2.75, 3.05) is 7.11 Å². The number of carboxylic acids is 1. The Morgan fingerprint density at radius 1 is 1.07 bits per heavy atom. The number of ether oxygens (including phenoxy) is 3. The van der Waals surface area contributed by atoms with Crippen molar-refractivity contribution in [3.8, 4) is 0 Å².